The number of aromatic nitrogens is 1. The van der Waals surface area contributed by atoms with Gasteiger partial charge in [0.05, 0.1) is 9.26 Å². The fourth-order valence-corrected chi connectivity index (χ4v) is 4.04. The molecular formula is C25H23IN2O2. The van der Waals surface area contributed by atoms with E-state index in [2.05, 4.69) is 65.5 Å². The Morgan fingerprint density at radius 1 is 1.03 bits per heavy atom. The number of oxazole rings is 1. The van der Waals surface area contributed by atoms with E-state index in [0.29, 0.717) is 11.5 Å². The lowest BCUT2D eigenvalue weighted by molar-refractivity contribution is 0.470. The summed E-state index contributed by atoms with van der Waals surface area (Å²) in [5, 5.41) is 10.2. The number of benzene rings is 3. The minimum atomic E-state index is 0.108. The summed E-state index contributed by atoms with van der Waals surface area (Å²) in [6.45, 7) is 8.58. The van der Waals surface area contributed by atoms with Crippen molar-refractivity contribution < 1.29 is 9.52 Å². The van der Waals surface area contributed by atoms with Crippen LogP contribution in [-0.4, -0.2) is 16.3 Å². The Morgan fingerprint density at radius 2 is 1.77 bits per heavy atom. The average molecular weight is 510 g/mol. The molecule has 0 aliphatic heterocycles. The first-order chi connectivity index (χ1) is 14.2. The molecule has 1 heterocycles. The van der Waals surface area contributed by atoms with Crippen molar-refractivity contribution in [2.24, 2.45) is 4.99 Å². The van der Waals surface area contributed by atoms with E-state index in [9.17, 15) is 5.11 Å². The summed E-state index contributed by atoms with van der Waals surface area (Å²) >= 11 is 2.12. The van der Waals surface area contributed by atoms with Crippen molar-refractivity contribution in [1.29, 1.82) is 0 Å². The third-order valence-corrected chi connectivity index (χ3v) is 5.78. The Morgan fingerprint density at radius 3 is 2.47 bits per heavy atom. The minimum Gasteiger partial charge on any atom is -0.506 e. The summed E-state index contributed by atoms with van der Waals surface area (Å²) in [6.07, 6.45) is 1.68. The van der Waals surface area contributed by atoms with Gasteiger partial charge in [-0.25, -0.2) is 4.98 Å². The molecular weight excluding hydrogens is 487 g/mol. The fourth-order valence-electron chi connectivity index (χ4n) is 3.24. The lowest BCUT2D eigenvalue weighted by Crippen LogP contribution is -2.10. The van der Waals surface area contributed by atoms with Gasteiger partial charge in [0.1, 0.15) is 11.3 Å². The summed E-state index contributed by atoms with van der Waals surface area (Å²) < 4.78 is 6.75. The number of rotatable bonds is 3. The van der Waals surface area contributed by atoms with Crippen molar-refractivity contribution in [2.45, 2.75) is 33.1 Å². The van der Waals surface area contributed by atoms with Gasteiger partial charge < -0.3 is 9.52 Å². The van der Waals surface area contributed by atoms with Crippen LogP contribution in [0.15, 0.2) is 64.0 Å². The Kier molecular flexibility index (Phi) is 5.40. The van der Waals surface area contributed by atoms with Crippen molar-refractivity contribution in [2.75, 3.05) is 0 Å². The molecule has 30 heavy (non-hydrogen) atoms. The number of aromatic hydroxyl groups is 1. The zero-order chi connectivity index (χ0) is 21.5. The molecule has 4 nitrogen and oxygen atoms in total. The van der Waals surface area contributed by atoms with Crippen LogP contribution in [0.4, 0.5) is 5.69 Å². The van der Waals surface area contributed by atoms with Crippen LogP contribution in [0.2, 0.25) is 0 Å². The molecule has 0 amide bonds. The third kappa shape index (κ3) is 4.26. The normalized spacial score (nSPS) is 12.2. The average Bonchev–Trinajstić information content (AvgIpc) is 3.12. The summed E-state index contributed by atoms with van der Waals surface area (Å²) in [4.78, 5) is 9.17. The van der Waals surface area contributed by atoms with Gasteiger partial charge in [0.2, 0.25) is 5.89 Å². The fraction of sp³-hybridized carbons (Fsp3) is 0.200. The van der Waals surface area contributed by atoms with E-state index < -0.39 is 0 Å². The number of fused-ring (bicyclic) bond motifs is 1. The molecule has 5 heteroatoms. The third-order valence-electron chi connectivity index (χ3n) is 4.96. The van der Waals surface area contributed by atoms with Crippen LogP contribution in [0.5, 0.6) is 5.75 Å². The van der Waals surface area contributed by atoms with Crippen LogP contribution in [0.3, 0.4) is 0 Å². The molecule has 4 rings (SSSR count). The minimum absolute atomic E-state index is 0.108. The maximum atomic E-state index is 10.2. The molecule has 0 atom stereocenters. The van der Waals surface area contributed by atoms with Gasteiger partial charge in [-0.15, -0.1) is 0 Å². The largest absolute Gasteiger partial charge is 0.506 e. The summed E-state index contributed by atoms with van der Waals surface area (Å²) in [5.74, 6) is 0.839. The van der Waals surface area contributed by atoms with Gasteiger partial charge in [0.15, 0.2) is 5.58 Å². The molecule has 0 saturated carbocycles. The lowest BCUT2D eigenvalue weighted by Gasteiger charge is -2.18. The molecule has 0 aliphatic carbocycles. The Hall–Kier alpha value is -2.67. The first kappa shape index (κ1) is 20.6. The molecule has 0 radical (unpaired) electrons. The molecule has 1 N–H and O–H groups in total. The van der Waals surface area contributed by atoms with Crippen LogP contribution in [0, 0.1) is 10.5 Å². The summed E-state index contributed by atoms with van der Waals surface area (Å²) in [5.41, 5.74) is 6.32. The smallest absolute Gasteiger partial charge is 0.227 e. The van der Waals surface area contributed by atoms with Crippen LogP contribution < -0.4 is 0 Å². The van der Waals surface area contributed by atoms with Gasteiger partial charge in [0, 0.05) is 17.3 Å². The number of aryl methyl sites for hydroxylation is 1. The summed E-state index contributed by atoms with van der Waals surface area (Å²) in [6, 6.07) is 17.8. The summed E-state index contributed by atoms with van der Waals surface area (Å²) in [7, 11) is 0. The maximum absolute atomic E-state index is 10.2. The van der Waals surface area contributed by atoms with Gasteiger partial charge in [-0.05, 0) is 88.5 Å². The SMILES string of the molecule is Cc1cc(I)c(O)c(C=Nc2ccc3oc(-c4ccc(C(C)(C)C)cc4)nc3c2)c1. The molecule has 0 unspecified atom stereocenters. The Labute approximate surface area is 189 Å². The zero-order valence-corrected chi connectivity index (χ0v) is 19.6. The van der Waals surface area contributed by atoms with Crippen LogP contribution >= 0.6 is 22.6 Å². The second-order valence-electron chi connectivity index (χ2n) is 8.44. The molecule has 4 aromatic rings. The first-order valence-electron chi connectivity index (χ1n) is 9.75. The lowest BCUT2D eigenvalue weighted by atomic mass is 9.87. The van der Waals surface area contributed by atoms with Gasteiger partial charge in [-0.2, -0.15) is 0 Å². The van der Waals surface area contributed by atoms with Gasteiger partial charge >= 0.3 is 0 Å². The van der Waals surface area contributed by atoms with E-state index in [-0.39, 0.29) is 11.2 Å². The number of hydrogen-bond donors (Lipinski definition) is 1. The Bertz CT molecular complexity index is 1250. The van der Waals surface area contributed by atoms with E-state index in [0.717, 1.165) is 31.5 Å². The number of halogens is 1. The van der Waals surface area contributed by atoms with Crippen molar-refractivity contribution in [1.82, 2.24) is 4.98 Å². The first-order valence-corrected chi connectivity index (χ1v) is 10.8. The highest BCUT2D eigenvalue weighted by atomic mass is 127. The number of aliphatic imine (C=N–C) groups is 1. The van der Waals surface area contributed by atoms with Crippen molar-refractivity contribution in [3.05, 3.63) is 74.9 Å². The predicted octanol–water partition coefficient (Wildman–Crippen LogP) is 7.16. The van der Waals surface area contributed by atoms with E-state index in [1.54, 1.807) is 6.21 Å². The standard InChI is InChI=1S/C25H23IN2O2/c1-15-11-17(23(29)20(26)12-15)14-27-19-9-10-22-21(13-19)28-24(30-22)16-5-7-18(8-6-16)25(2,3)4/h5-14,29H,1-4H3. The van der Waals surface area contributed by atoms with E-state index >= 15 is 0 Å². The monoisotopic (exact) mass is 510 g/mol. The quantitative estimate of drug-likeness (QED) is 0.235. The number of phenols is 1. The molecule has 0 bridgehead atoms. The van der Waals surface area contributed by atoms with Crippen molar-refractivity contribution >= 4 is 45.6 Å². The molecule has 152 valence electrons. The van der Waals surface area contributed by atoms with E-state index in [1.165, 1.54) is 5.56 Å². The number of hydrogen-bond acceptors (Lipinski definition) is 4. The molecule has 0 spiro atoms. The Balaban J connectivity index is 1.63. The van der Waals surface area contributed by atoms with Gasteiger partial charge in [0.25, 0.3) is 0 Å². The highest BCUT2D eigenvalue weighted by Gasteiger charge is 2.15. The maximum Gasteiger partial charge on any atom is 0.227 e. The number of nitrogens with zero attached hydrogens (tertiary/aromatic N) is 2. The van der Waals surface area contributed by atoms with Gasteiger partial charge in [-0.3, -0.25) is 4.99 Å². The van der Waals surface area contributed by atoms with Crippen LogP contribution in [0.1, 0.15) is 37.5 Å². The van der Waals surface area contributed by atoms with E-state index in [4.69, 9.17) is 4.42 Å². The topological polar surface area (TPSA) is 58.6 Å². The second-order valence-corrected chi connectivity index (χ2v) is 9.60. The zero-order valence-electron chi connectivity index (χ0n) is 17.4. The molecule has 3 aromatic carbocycles. The van der Waals surface area contributed by atoms with Crippen molar-refractivity contribution in [3.63, 3.8) is 0 Å². The number of phenolic OH excluding ortho intramolecular Hbond substituents is 1. The predicted molar refractivity (Wildman–Crippen MR) is 131 cm³/mol. The molecule has 0 aliphatic rings. The molecule has 1 aromatic heterocycles. The second kappa shape index (κ2) is 7.87. The molecule has 0 saturated heterocycles. The van der Waals surface area contributed by atoms with Crippen LogP contribution in [0.25, 0.3) is 22.6 Å². The highest BCUT2D eigenvalue weighted by Crippen LogP contribution is 2.30. The van der Waals surface area contributed by atoms with Gasteiger partial charge in [-0.1, -0.05) is 32.9 Å². The van der Waals surface area contributed by atoms with Crippen molar-refractivity contribution in [3.8, 4) is 17.2 Å². The van der Waals surface area contributed by atoms with E-state index in [1.807, 2.05) is 49.4 Å². The van der Waals surface area contributed by atoms with Crippen LogP contribution in [-0.2, 0) is 5.41 Å². The highest BCUT2D eigenvalue weighted by molar-refractivity contribution is 14.1. The molecule has 0 fully saturated rings.